The van der Waals surface area contributed by atoms with Crippen LogP contribution in [-0.4, -0.2) is 192 Å². The van der Waals surface area contributed by atoms with Gasteiger partial charge in [0.1, 0.15) is 54.4 Å². The largest absolute Gasteiger partial charge is 0.481 e. The number of carboxylic acid groups (broad SMARTS) is 5. The lowest BCUT2D eigenvalue weighted by Gasteiger charge is -2.32. The highest BCUT2D eigenvalue weighted by Gasteiger charge is 2.41. The second-order valence-corrected chi connectivity index (χ2v) is 16.7. The Kier molecular flexibility index (Phi) is 25.2. The summed E-state index contributed by atoms with van der Waals surface area (Å²) in [6, 6.07) is -14.6. The molecule has 1 heterocycles. The Hall–Kier alpha value is -7.01. The van der Waals surface area contributed by atoms with Crippen molar-refractivity contribution in [1.82, 2.24) is 42.1 Å². The number of hydrogen-bond donors (Lipinski definition) is 15. The van der Waals surface area contributed by atoms with Crippen molar-refractivity contribution in [3.05, 3.63) is 0 Å². The van der Waals surface area contributed by atoms with Crippen molar-refractivity contribution in [2.45, 2.75) is 140 Å². The average molecular weight is 990 g/mol. The lowest BCUT2D eigenvalue weighted by molar-refractivity contribution is -0.144. The lowest BCUT2D eigenvalue weighted by atomic mass is 9.98. The Morgan fingerprint density at radius 2 is 0.928 bits per heavy atom. The van der Waals surface area contributed by atoms with Crippen molar-refractivity contribution in [3.63, 3.8) is 0 Å². The molecule has 69 heavy (non-hydrogen) atoms. The number of nitrogens with one attached hydrogen (secondary N) is 7. The van der Waals surface area contributed by atoms with Crippen molar-refractivity contribution in [3.8, 4) is 0 Å². The second kappa shape index (κ2) is 29.0. The third kappa shape index (κ3) is 20.4. The van der Waals surface area contributed by atoms with Crippen LogP contribution in [-0.2, 0) is 62.3 Å². The SMILES string of the molecule is CC(C)[C@H](NC(=O)[C@@H](NC(=O)[C@@H]1CCCN1C(=O)[C@H](CCC(=O)O)NC(=O)[C@H](CO)NC(=O)[C@@H](N)CO)C(C)C)C(=O)N[C@@H](CCC(=O)O)C(=O)N[C@@H](CC(=O)O)C(=O)N[C@@H](CCC(=O)O)C(=O)O. The second-order valence-electron chi connectivity index (χ2n) is 16.7. The number of aliphatic carboxylic acids is 5. The fourth-order valence-electron chi connectivity index (χ4n) is 6.67. The zero-order valence-electron chi connectivity index (χ0n) is 38.3. The summed E-state index contributed by atoms with van der Waals surface area (Å²) in [7, 11) is 0. The van der Waals surface area contributed by atoms with Crippen LogP contribution in [0.3, 0.4) is 0 Å². The van der Waals surface area contributed by atoms with Gasteiger partial charge in [-0.15, -0.1) is 0 Å². The number of carbonyl (C=O) groups is 13. The molecular formula is C40H63N9O20. The number of likely N-dealkylation sites (tertiary alicyclic amines) is 1. The van der Waals surface area contributed by atoms with Crippen LogP contribution in [0.4, 0.5) is 0 Å². The zero-order valence-corrected chi connectivity index (χ0v) is 38.3. The molecule has 0 aliphatic carbocycles. The monoisotopic (exact) mass is 989 g/mol. The molecule has 29 nitrogen and oxygen atoms in total. The minimum absolute atomic E-state index is 0.0363. The third-order valence-electron chi connectivity index (χ3n) is 10.5. The van der Waals surface area contributed by atoms with Crippen molar-refractivity contribution >= 4 is 77.1 Å². The van der Waals surface area contributed by atoms with Crippen LogP contribution in [0.15, 0.2) is 0 Å². The summed E-state index contributed by atoms with van der Waals surface area (Å²) >= 11 is 0. The Balaban J connectivity index is 3.34. The van der Waals surface area contributed by atoms with Gasteiger partial charge in [-0.1, -0.05) is 27.7 Å². The Morgan fingerprint density at radius 3 is 1.41 bits per heavy atom. The van der Waals surface area contributed by atoms with E-state index in [0.717, 1.165) is 4.90 Å². The average Bonchev–Trinajstić information content (AvgIpc) is 3.76. The van der Waals surface area contributed by atoms with E-state index in [1.54, 1.807) is 0 Å². The minimum atomic E-state index is -2.02. The lowest BCUT2D eigenvalue weighted by Crippen LogP contribution is -2.61. The van der Waals surface area contributed by atoms with E-state index in [2.05, 4.69) is 26.6 Å². The van der Waals surface area contributed by atoms with E-state index in [1.807, 2.05) is 10.6 Å². The number of hydrogen-bond acceptors (Lipinski definition) is 16. The van der Waals surface area contributed by atoms with Gasteiger partial charge in [0.15, 0.2) is 0 Å². The van der Waals surface area contributed by atoms with E-state index in [-0.39, 0.29) is 19.4 Å². The van der Waals surface area contributed by atoms with Gasteiger partial charge < -0.3 is 83.6 Å². The molecule has 0 aromatic carbocycles. The Morgan fingerprint density at radius 1 is 0.507 bits per heavy atom. The van der Waals surface area contributed by atoms with Gasteiger partial charge in [0.25, 0.3) is 0 Å². The molecule has 0 saturated carbocycles. The van der Waals surface area contributed by atoms with Crippen LogP contribution < -0.4 is 43.0 Å². The molecule has 1 rings (SSSR count). The predicted octanol–water partition coefficient (Wildman–Crippen LogP) is -5.85. The highest BCUT2D eigenvalue weighted by molar-refractivity contribution is 5.99. The van der Waals surface area contributed by atoms with E-state index < -0.39 is 201 Å². The van der Waals surface area contributed by atoms with Crippen LogP contribution in [0.5, 0.6) is 0 Å². The number of aliphatic hydroxyl groups is 2. The van der Waals surface area contributed by atoms with Crippen molar-refractivity contribution in [1.29, 1.82) is 0 Å². The van der Waals surface area contributed by atoms with Crippen molar-refractivity contribution < 1.29 is 98.1 Å². The molecule has 0 aromatic rings. The molecule has 16 N–H and O–H groups in total. The van der Waals surface area contributed by atoms with Gasteiger partial charge in [-0.2, -0.15) is 0 Å². The van der Waals surface area contributed by atoms with Gasteiger partial charge >= 0.3 is 29.8 Å². The maximum Gasteiger partial charge on any atom is 0.326 e. The first kappa shape index (κ1) is 60.0. The van der Waals surface area contributed by atoms with Gasteiger partial charge in [0, 0.05) is 25.8 Å². The highest BCUT2D eigenvalue weighted by atomic mass is 16.4. The van der Waals surface area contributed by atoms with E-state index in [0.29, 0.717) is 0 Å². The number of nitrogens with two attached hydrogens (primary N) is 1. The summed E-state index contributed by atoms with van der Waals surface area (Å²) in [6.45, 7) is 4.12. The number of aliphatic hydroxyl groups excluding tert-OH is 2. The molecule has 29 heteroatoms. The zero-order chi connectivity index (χ0) is 52.9. The topological polar surface area (TPSA) is 477 Å². The minimum Gasteiger partial charge on any atom is -0.481 e. The molecule has 0 bridgehead atoms. The summed E-state index contributed by atoms with van der Waals surface area (Å²) in [5.41, 5.74) is 5.44. The third-order valence-corrected chi connectivity index (χ3v) is 10.5. The molecule has 1 aliphatic heterocycles. The first-order valence-electron chi connectivity index (χ1n) is 21.7. The van der Waals surface area contributed by atoms with Gasteiger partial charge in [0.05, 0.1) is 19.6 Å². The van der Waals surface area contributed by atoms with Crippen LogP contribution in [0, 0.1) is 11.8 Å². The van der Waals surface area contributed by atoms with E-state index >= 15 is 0 Å². The standard InChI is InChI=1S/C40H63N9O20/c1-17(2)30(37(65)42-20(7-10-26(52)53)33(61)45-23(14-29(58)59)34(62)44-22(40(68)69)9-12-28(56)57)48-38(66)31(18(3)4)47-36(64)25-6-5-13-49(25)39(67)21(8-11-27(54)55)43-35(63)24(16-51)46-32(60)19(41)15-50/h17-25,30-31,50-51H,5-16,41H2,1-4H3,(H,42,65)(H,43,63)(H,44,62)(H,45,61)(H,46,60)(H,47,64)(H,48,66)(H,52,53)(H,54,55)(H,56,57)(H,58,59)(H,68,69)/t19-,20-,21-,22-,23-,24-,25-,30-,31-/m0/s1. The highest BCUT2D eigenvalue weighted by Crippen LogP contribution is 2.21. The van der Waals surface area contributed by atoms with E-state index in [9.17, 15) is 87.9 Å². The molecule has 0 aromatic heterocycles. The molecule has 1 fully saturated rings. The quantitative estimate of drug-likeness (QED) is 0.0308. The number of carbonyl (C=O) groups excluding carboxylic acids is 8. The molecule has 9 atom stereocenters. The Labute approximate surface area is 394 Å². The first-order chi connectivity index (χ1) is 32.1. The normalized spacial score (nSPS) is 16.8. The number of carboxylic acids is 5. The van der Waals surface area contributed by atoms with Gasteiger partial charge in [-0.25, -0.2) is 4.79 Å². The predicted molar refractivity (Wildman–Crippen MR) is 231 cm³/mol. The number of amides is 8. The van der Waals surface area contributed by atoms with Crippen molar-refractivity contribution in [2.75, 3.05) is 19.8 Å². The number of nitrogens with zero attached hydrogens (tertiary/aromatic N) is 1. The van der Waals surface area contributed by atoms with E-state index in [4.69, 9.17) is 15.9 Å². The van der Waals surface area contributed by atoms with Crippen LogP contribution in [0.2, 0.25) is 0 Å². The summed E-state index contributed by atoms with van der Waals surface area (Å²) in [5, 5.41) is 81.0. The van der Waals surface area contributed by atoms with Gasteiger partial charge in [-0.05, 0) is 43.9 Å². The number of rotatable bonds is 31. The molecule has 0 spiro atoms. The summed E-state index contributed by atoms with van der Waals surface area (Å²) in [5.74, 6) is -17.7. The van der Waals surface area contributed by atoms with E-state index in [1.165, 1.54) is 27.7 Å². The van der Waals surface area contributed by atoms with Crippen LogP contribution >= 0.6 is 0 Å². The summed E-state index contributed by atoms with van der Waals surface area (Å²) in [4.78, 5) is 165. The summed E-state index contributed by atoms with van der Waals surface area (Å²) < 4.78 is 0. The maximum absolute atomic E-state index is 13.9. The van der Waals surface area contributed by atoms with Crippen molar-refractivity contribution in [2.24, 2.45) is 17.6 Å². The Bertz CT molecular complexity index is 1910. The van der Waals surface area contributed by atoms with Crippen LogP contribution in [0.1, 0.15) is 85.5 Å². The fourth-order valence-corrected chi connectivity index (χ4v) is 6.67. The fraction of sp³-hybridized carbons (Fsp3) is 0.675. The molecule has 0 radical (unpaired) electrons. The molecular weight excluding hydrogens is 926 g/mol. The smallest absolute Gasteiger partial charge is 0.326 e. The first-order valence-corrected chi connectivity index (χ1v) is 21.7. The van der Waals surface area contributed by atoms with Gasteiger partial charge in [-0.3, -0.25) is 57.5 Å². The van der Waals surface area contributed by atoms with Gasteiger partial charge in [0.2, 0.25) is 47.3 Å². The molecule has 1 saturated heterocycles. The molecule has 1 aliphatic rings. The summed E-state index contributed by atoms with van der Waals surface area (Å²) in [6.07, 6.45) is -4.76. The maximum atomic E-state index is 13.9. The van der Waals surface area contributed by atoms with Crippen LogP contribution in [0.25, 0.3) is 0 Å². The molecule has 388 valence electrons. The molecule has 0 unspecified atom stereocenters. The molecule has 8 amide bonds.